The van der Waals surface area contributed by atoms with Crippen molar-refractivity contribution in [3.8, 4) is 0 Å². The molecule has 1 unspecified atom stereocenters. The Morgan fingerprint density at radius 2 is 1.95 bits per heavy atom. The first-order valence-electron chi connectivity index (χ1n) is 7.48. The quantitative estimate of drug-likeness (QED) is 0.828. The van der Waals surface area contributed by atoms with Crippen LogP contribution in [0.25, 0.3) is 0 Å². The van der Waals surface area contributed by atoms with Crippen molar-refractivity contribution >= 4 is 29.3 Å². The second-order valence-corrected chi connectivity index (χ2v) is 6.94. The second-order valence-electron chi connectivity index (χ2n) is 5.45. The molecular weight excluding hydrogens is 314 g/mol. The van der Waals surface area contributed by atoms with Crippen molar-refractivity contribution in [2.24, 2.45) is 0 Å². The number of halogens is 1. The van der Waals surface area contributed by atoms with Gasteiger partial charge >= 0.3 is 0 Å². The highest BCUT2D eigenvalue weighted by atomic mass is 35.5. The molecule has 114 valence electrons. The van der Waals surface area contributed by atoms with Crippen molar-refractivity contribution in [2.45, 2.75) is 30.2 Å². The third-order valence-electron chi connectivity index (χ3n) is 3.89. The van der Waals surface area contributed by atoms with Gasteiger partial charge in [0.15, 0.2) is 0 Å². The number of carbonyl (C=O) groups is 1. The number of hydrogen-bond donors (Lipinski definition) is 1. The van der Waals surface area contributed by atoms with Crippen LogP contribution in [0.5, 0.6) is 0 Å². The molecule has 2 nitrogen and oxygen atoms in total. The summed E-state index contributed by atoms with van der Waals surface area (Å²) in [4.78, 5) is 13.3. The van der Waals surface area contributed by atoms with E-state index in [-0.39, 0.29) is 11.9 Å². The molecule has 3 rings (SSSR count). The van der Waals surface area contributed by atoms with Gasteiger partial charge in [0.25, 0.3) is 0 Å². The molecule has 0 heterocycles. The van der Waals surface area contributed by atoms with E-state index in [1.54, 1.807) is 0 Å². The van der Waals surface area contributed by atoms with Crippen LogP contribution in [0.2, 0.25) is 5.02 Å². The lowest BCUT2D eigenvalue weighted by Crippen LogP contribution is -2.32. The summed E-state index contributed by atoms with van der Waals surface area (Å²) in [6, 6.07) is 16.1. The number of amides is 1. The van der Waals surface area contributed by atoms with E-state index in [1.165, 1.54) is 22.9 Å². The Kier molecular flexibility index (Phi) is 5.06. The molecule has 22 heavy (non-hydrogen) atoms. The Hall–Kier alpha value is -1.45. The third-order valence-corrected chi connectivity index (χ3v) is 5.15. The van der Waals surface area contributed by atoms with E-state index >= 15 is 0 Å². The van der Waals surface area contributed by atoms with Gasteiger partial charge in [-0.1, -0.05) is 35.9 Å². The van der Waals surface area contributed by atoms with Crippen molar-refractivity contribution in [2.75, 3.05) is 5.75 Å². The van der Waals surface area contributed by atoms with E-state index in [1.807, 2.05) is 30.3 Å². The maximum absolute atomic E-state index is 12.2. The van der Waals surface area contributed by atoms with Crippen molar-refractivity contribution in [1.82, 2.24) is 5.32 Å². The van der Waals surface area contributed by atoms with Gasteiger partial charge in [0.05, 0.1) is 11.8 Å². The van der Waals surface area contributed by atoms with Gasteiger partial charge in [-0.2, -0.15) is 0 Å². The number of fused-ring (bicyclic) bond motifs is 1. The second kappa shape index (κ2) is 7.21. The number of nitrogens with one attached hydrogen (secondary N) is 1. The molecule has 2 aromatic rings. The molecule has 1 amide bonds. The van der Waals surface area contributed by atoms with Crippen LogP contribution < -0.4 is 5.32 Å². The summed E-state index contributed by atoms with van der Waals surface area (Å²) in [5, 5.41) is 3.89. The minimum Gasteiger partial charge on any atom is -0.349 e. The fourth-order valence-electron chi connectivity index (χ4n) is 2.82. The number of benzene rings is 2. The Bertz CT molecular complexity index is 656. The minimum atomic E-state index is 0.0849. The zero-order valence-electron chi connectivity index (χ0n) is 12.2. The molecule has 0 spiro atoms. The first kappa shape index (κ1) is 15.4. The average Bonchev–Trinajstić information content (AvgIpc) is 2.55. The van der Waals surface area contributed by atoms with Gasteiger partial charge in [-0.3, -0.25) is 4.79 Å². The van der Waals surface area contributed by atoms with Gasteiger partial charge < -0.3 is 5.32 Å². The number of carbonyl (C=O) groups excluding carboxylic acids is 1. The lowest BCUT2D eigenvalue weighted by Gasteiger charge is -2.26. The Morgan fingerprint density at radius 1 is 1.18 bits per heavy atom. The lowest BCUT2D eigenvalue weighted by atomic mass is 9.88. The molecule has 1 N–H and O–H groups in total. The van der Waals surface area contributed by atoms with Gasteiger partial charge in [-0.05, 0) is 54.7 Å². The Morgan fingerprint density at radius 3 is 2.77 bits per heavy atom. The van der Waals surface area contributed by atoms with Crippen LogP contribution in [-0.4, -0.2) is 11.7 Å². The zero-order valence-corrected chi connectivity index (χ0v) is 13.8. The first-order chi connectivity index (χ1) is 10.7. The smallest absolute Gasteiger partial charge is 0.230 e. The molecule has 0 saturated heterocycles. The topological polar surface area (TPSA) is 29.1 Å². The number of hydrogen-bond acceptors (Lipinski definition) is 2. The van der Waals surface area contributed by atoms with Crippen LogP contribution >= 0.6 is 23.4 Å². The molecule has 1 aliphatic carbocycles. The fourth-order valence-corrected chi connectivity index (χ4v) is 3.66. The van der Waals surface area contributed by atoms with E-state index in [4.69, 9.17) is 11.6 Å². The lowest BCUT2D eigenvalue weighted by molar-refractivity contribution is -0.119. The van der Waals surface area contributed by atoms with Crippen LogP contribution in [0.15, 0.2) is 53.4 Å². The van der Waals surface area contributed by atoms with Crippen molar-refractivity contribution in [1.29, 1.82) is 0 Å². The summed E-state index contributed by atoms with van der Waals surface area (Å²) in [5.41, 5.74) is 2.64. The van der Waals surface area contributed by atoms with Crippen LogP contribution in [0.4, 0.5) is 0 Å². The number of rotatable bonds is 4. The number of aryl methyl sites for hydroxylation is 1. The molecular formula is C18H18ClNOS. The number of thioether (sulfide) groups is 1. The molecule has 0 fully saturated rings. The van der Waals surface area contributed by atoms with E-state index in [0.29, 0.717) is 10.8 Å². The molecule has 0 saturated carbocycles. The predicted molar refractivity (Wildman–Crippen MR) is 92.4 cm³/mol. The van der Waals surface area contributed by atoms with Gasteiger partial charge in [0.2, 0.25) is 5.91 Å². The van der Waals surface area contributed by atoms with E-state index in [2.05, 4.69) is 23.5 Å². The molecule has 4 heteroatoms. The van der Waals surface area contributed by atoms with Crippen molar-refractivity contribution in [3.63, 3.8) is 0 Å². The minimum absolute atomic E-state index is 0.0849. The highest BCUT2D eigenvalue weighted by molar-refractivity contribution is 8.00. The SMILES string of the molecule is O=C(CSc1ccc(Cl)cc1)NC1CCCc2ccccc21. The van der Waals surface area contributed by atoms with Gasteiger partial charge in [-0.25, -0.2) is 0 Å². The molecule has 0 aromatic heterocycles. The van der Waals surface area contributed by atoms with Crippen LogP contribution in [0, 0.1) is 0 Å². The Balaban J connectivity index is 1.57. The first-order valence-corrected chi connectivity index (χ1v) is 8.84. The fraction of sp³-hybridized carbons (Fsp3) is 0.278. The predicted octanol–water partition coefficient (Wildman–Crippen LogP) is 4.63. The average molecular weight is 332 g/mol. The van der Waals surface area contributed by atoms with Gasteiger partial charge in [-0.15, -0.1) is 11.8 Å². The van der Waals surface area contributed by atoms with Crippen LogP contribution in [-0.2, 0) is 11.2 Å². The van der Waals surface area contributed by atoms with E-state index < -0.39 is 0 Å². The highest BCUT2D eigenvalue weighted by Gasteiger charge is 2.21. The maximum atomic E-state index is 12.2. The molecule has 0 radical (unpaired) electrons. The largest absolute Gasteiger partial charge is 0.349 e. The molecule has 1 aliphatic rings. The Labute approximate surface area is 140 Å². The molecule has 1 atom stereocenters. The highest BCUT2D eigenvalue weighted by Crippen LogP contribution is 2.29. The summed E-state index contributed by atoms with van der Waals surface area (Å²) in [6.07, 6.45) is 3.27. The van der Waals surface area contributed by atoms with Gasteiger partial charge in [0.1, 0.15) is 0 Å². The standard InChI is InChI=1S/C18H18ClNOS/c19-14-8-10-15(11-9-14)22-12-18(21)20-17-7-3-5-13-4-1-2-6-16(13)17/h1-2,4,6,8-11,17H,3,5,7,12H2,(H,20,21). The van der Waals surface area contributed by atoms with E-state index in [0.717, 1.165) is 24.2 Å². The van der Waals surface area contributed by atoms with Crippen molar-refractivity contribution < 1.29 is 4.79 Å². The van der Waals surface area contributed by atoms with Crippen molar-refractivity contribution in [3.05, 3.63) is 64.7 Å². The summed E-state index contributed by atoms with van der Waals surface area (Å²) in [5.74, 6) is 0.516. The van der Waals surface area contributed by atoms with E-state index in [9.17, 15) is 4.79 Å². The molecule has 0 bridgehead atoms. The maximum Gasteiger partial charge on any atom is 0.230 e. The van der Waals surface area contributed by atoms with Gasteiger partial charge in [0, 0.05) is 9.92 Å². The molecule has 0 aliphatic heterocycles. The zero-order chi connectivity index (χ0) is 15.4. The third kappa shape index (κ3) is 3.84. The van der Waals surface area contributed by atoms with Crippen LogP contribution in [0.1, 0.15) is 30.0 Å². The van der Waals surface area contributed by atoms with Crippen LogP contribution in [0.3, 0.4) is 0 Å². The molecule has 2 aromatic carbocycles. The summed E-state index contributed by atoms with van der Waals surface area (Å²) in [7, 11) is 0. The summed E-state index contributed by atoms with van der Waals surface area (Å²) < 4.78 is 0. The summed E-state index contributed by atoms with van der Waals surface area (Å²) in [6.45, 7) is 0. The normalized spacial score (nSPS) is 16.9. The summed E-state index contributed by atoms with van der Waals surface area (Å²) >= 11 is 7.40. The monoisotopic (exact) mass is 331 g/mol.